The van der Waals surface area contributed by atoms with Crippen molar-refractivity contribution in [1.29, 1.82) is 0 Å². The quantitative estimate of drug-likeness (QED) is 0.814. The highest BCUT2D eigenvalue weighted by Gasteiger charge is 2.22. The molecule has 0 radical (unpaired) electrons. The first kappa shape index (κ1) is 15.2. The standard InChI is InChI=1S/C14H25N5O/c1-14(2,20)11-19-6-4-18(5-7-19)10-12-8-17-13(15-3)9-16-12/h8-9,20H,4-7,10-11H2,1-3H3,(H,15,17). The summed E-state index contributed by atoms with van der Waals surface area (Å²) in [4.78, 5) is 13.4. The maximum atomic E-state index is 9.84. The number of aromatic nitrogens is 2. The molecular weight excluding hydrogens is 254 g/mol. The molecule has 6 heteroatoms. The second kappa shape index (κ2) is 6.47. The number of rotatable bonds is 5. The van der Waals surface area contributed by atoms with Crippen LogP contribution >= 0.6 is 0 Å². The van der Waals surface area contributed by atoms with Crippen molar-refractivity contribution in [3.63, 3.8) is 0 Å². The zero-order chi connectivity index (χ0) is 14.6. The molecule has 6 nitrogen and oxygen atoms in total. The van der Waals surface area contributed by atoms with E-state index in [1.54, 1.807) is 6.20 Å². The Morgan fingerprint density at radius 3 is 2.30 bits per heavy atom. The molecular formula is C14H25N5O. The minimum absolute atomic E-state index is 0.614. The predicted octanol–water partition coefficient (Wildman–Crippen LogP) is 0.407. The second-order valence-electron chi connectivity index (χ2n) is 6.01. The van der Waals surface area contributed by atoms with E-state index in [0.29, 0.717) is 0 Å². The summed E-state index contributed by atoms with van der Waals surface area (Å²) >= 11 is 0. The fourth-order valence-corrected chi connectivity index (χ4v) is 2.45. The Labute approximate surface area is 120 Å². The van der Waals surface area contributed by atoms with Crippen LogP contribution in [0.2, 0.25) is 0 Å². The maximum Gasteiger partial charge on any atom is 0.144 e. The third kappa shape index (κ3) is 4.70. The molecule has 2 N–H and O–H groups in total. The molecule has 0 spiro atoms. The highest BCUT2D eigenvalue weighted by molar-refractivity contribution is 5.29. The molecule has 0 saturated carbocycles. The topological polar surface area (TPSA) is 64.5 Å². The smallest absolute Gasteiger partial charge is 0.144 e. The summed E-state index contributed by atoms with van der Waals surface area (Å²) in [6.45, 7) is 9.29. The van der Waals surface area contributed by atoms with Gasteiger partial charge in [0.15, 0.2) is 0 Å². The number of nitrogens with zero attached hydrogens (tertiary/aromatic N) is 4. The lowest BCUT2D eigenvalue weighted by Gasteiger charge is -2.37. The third-order valence-electron chi connectivity index (χ3n) is 3.42. The molecule has 2 heterocycles. The maximum absolute atomic E-state index is 9.84. The molecule has 0 amide bonds. The zero-order valence-electron chi connectivity index (χ0n) is 12.6. The van der Waals surface area contributed by atoms with Crippen LogP contribution in [0.1, 0.15) is 19.5 Å². The van der Waals surface area contributed by atoms with Crippen LogP contribution in [-0.2, 0) is 6.54 Å². The average molecular weight is 279 g/mol. The molecule has 20 heavy (non-hydrogen) atoms. The minimum Gasteiger partial charge on any atom is -0.389 e. The van der Waals surface area contributed by atoms with E-state index in [9.17, 15) is 5.11 Å². The van der Waals surface area contributed by atoms with Gasteiger partial charge in [0.1, 0.15) is 5.82 Å². The van der Waals surface area contributed by atoms with E-state index >= 15 is 0 Å². The molecule has 1 aliphatic rings. The fraction of sp³-hybridized carbons (Fsp3) is 0.714. The van der Waals surface area contributed by atoms with Crippen molar-refractivity contribution in [3.05, 3.63) is 18.1 Å². The lowest BCUT2D eigenvalue weighted by Crippen LogP contribution is -2.50. The Kier molecular flexibility index (Phi) is 4.91. The SMILES string of the molecule is CNc1cnc(CN2CCN(CC(C)(C)O)CC2)cn1. The molecule has 1 aromatic rings. The second-order valence-corrected chi connectivity index (χ2v) is 6.01. The van der Waals surface area contributed by atoms with E-state index in [2.05, 4.69) is 25.1 Å². The van der Waals surface area contributed by atoms with Gasteiger partial charge < -0.3 is 10.4 Å². The molecule has 1 fully saturated rings. The van der Waals surface area contributed by atoms with Gasteiger partial charge in [-0.25, -0.2) is 4.98 Å². The Morgan fingerprint density at radius 1 is 1.15 bits per heavy atom. The average Bonchev–Trinajstić information content (AvgIpc) is 2.40. The Morgan fingerprint density at radius 2 is 1.80 bits per heavy atom. The van der Waals surface area contributed by atoms with Crippen LogP contribution < -0.4 is 5.32 Å². The van der Waals surface area contributed by atoms with Gasteiger partial charge in [0.2, 0.25) is 0 Å². The predicted molar refractivity (Wildman–Crippen MR) is 79.6 cm³/mol. The van der Waals surface area contributed by atoms with Gasteiger partial charge in [-0.2, -0.15) is 0 Å². The van der Waals surface area contributed by atoms with Crippen molar-refractivity contribution >= 4 is 5.82 Å². The van der Waals surface area contributed by atoms with E-state index in [1.807, 2.05) is 27.1 Å². The highest BCUT2D eigenvalue weighted by Crippen LogP contribution is 2.10. The largest absolute Gasteiger partial charge is 0.389 e. The van der Waals surface area contributed by atoms with Crippen molar-refractivity contribution in [3.8, 4) is 0 Å². The lowest BCUT2D eigenvalue weighted by atomic mass is 10.1. The molecule has 0 atom stereocenters. The third-order valence-corrected chi connectivity index (χ3v) is 3.42. The molecule has 1 saturated heterocycles. The van der Waals surface area contributed by atoms with Crippen molar-refractivity contribution in [2.45, 2.75) is 26.0 Å². The first-order valence-electron chi connectivity index (χ1n) is 7.12. The van der Waals surface area contributed by atoms with Gasteiger partial charge in [0.05, 0.1) is 23.7 Å². The van der Waals surface area contributed by atoms with Crippen molar-refractivity contribution < 1.29 is 5.11 Å². The van der Waals surface area contributed by atoms with E-state index in [-0.39, 0.29) is 0 Å². The van der Waals surface area contributed by atoms with Crippen LogP contribution in [0.3, 0.4) is 0 Å². The molecule has 2 rings (SSSR count). The number of piperazine rings is 1. The van der Waals surface area contributed by atoms with Crippen LogP contribution in [0.25, 0.3) is 0 Å². The highest BCUT2D eigenvalue weighted by atomic mass is 16.3. The summed E-state index contributed by atoms with van der Waals surface area (Å²) in [6.07, 6.45) is 3.59. The van der Waals surface area contributed by atoms with Crippen molar-refractivity contribution in [2.24, 2.45) is 0 Å². The number of hydrogen-bond donors (Lipinski definition) is 2. The molecule has 0 aromatic carbocycles. The van der Waals surface area contributed by atoms with E-state index in [0.717, 1.165) is 50.8 Å². The summed E-state index contributed by atoms with van der Waals surface area (Å²) < 4.78 is 0. The minimum atomic E-state index is -0.614. The Bertz CT molecular complexity index is 407. The van der Waals surface area contributed by atoms with Crippen LogP contribution in [0.15, 0.2) is 12.4 Å². The first-order chi connectivity index (χ1) is 9.46. The number of nitrogens with one attached hydrogen (secondary N) is 1. The molecule has 0 unspecified atom stereocenters. The first-order valence-corrected chi connectivity index (χ1v) is 7.12. The summed E-state index contributed by atoms with van der Waals surface area (Å²) in [5.41, 5.74) is 0.385. The zero-order valence-corrected chi connectivity index (χ0v) is 12.6. The molecule has 1 aliphatic heterocycles. The summed E-state index contributed by atoms with van der Waals surface area (Å²) in [6, 6.07) is 0. The number of anilines is 1. The van der Waals surface area contributed by atoms with Crippen LogP contribution in [0, 0.1) is 0 Å². The molecule has 112 valence electrons. The van der Waals surface area contributed by atoms with Gasteiger partial charge in [-0.15, -0.1) is 0 Å². The number of hydrogen-bond acceptors (Lipinski definition) is 6. The van der Waals surface area contributed by atoms with Crippen LogP contribution in [-0.4, -0.2) is 70.2 Å². The van der Waals surface area contributed by atoms with E-state index < -0.39 is 5.60 Å². The normalized spacial score (nSPS) is 18.2. The van der Waals surface area contributed by atoms with Gasteiger partial charge in [-0.1, -0.05) is 0 Å². The monoisotopic (exact) mass is 279 g/mol. The summed E-state index contributed by atoms with van der Waals surface area (Å²) in [7, 11) is 1.84. The van der Waals surface area contributed by atoms with Gasteiger partial charge >= 0.3 is 0 Å². The van der Waals surface area contributed by atoms with Crippen LogP contribution in [0.5, 0.6) is 0 Å². The number of β-amino-alcohol motifs (C(OH)–C–C–N with tert-alkyl or cyclic N) is 1. The van der Waals surface area contributed by atoms with E-state index in [4.69, 9.17) is 0 Å². The van der Waals surface area contributed by atoms with E-state index in [1.165, 1.54) is 0 Å². The van der Waals surface area contributed by atoms with Crippen LogP contribution in [0.4, 0.5) is 5.82 Å². The Hall–Kier alpha value is -1.24. The Balaban J connectivity index is 1.79. The van der Waals surface area contributed by atoms with Crippen molar-refractivity contribution in [1.82, 2.24) is 19.8 Å². The lowest BCUT2D eigenvalue weighted by molar-refractivity contribution is 0.0165. The summed E-state index contributed by atoms with van der Waals surface area (Å²) in [5, 5.41) is 12.8. The van der Waals surface area contributed by atoms with Gasteiger partial charge in [-0.05, 0) is 13.8 Å². The molecule has 1 aromatic heterocycles. The van der Waals surface area contributed by atoms with Crippen molar-refractivity contribution in [2.75, 3.05) is 45.1 Å². The fourth-order valence-electron chi connectivity index (χ4n) is 2.45. The van der Waals surface area contributed by atoms with Gasteiger partial charge in [0, 0.05) is 46.3 Å². The summed E-state index contributed by atoms with van der Waals surface area (Å²) in [5.74, 6) is 0.795. The van der Waals surface area contributed by atoms with Gasteiger partial charge in [-0.3, -0.25) is 14.8 Å². The van der Waals surface area contributed by atoms with Gasteiger partial charge in [0.25, 0.3) is 0 Å². The number of aliphatic hydroxyl groups is 1. The molecule has 0 bridgehead atoms. The molecule has 0 aliphatic carbocycles.